The molecule has 3 heteroatoms. The first-order valence-corrected chi connectivity index (χ1v) is 6.63. The molecule has 0 aliphatic heterocycles. The maximum atomic E-state index is 11.3. The molecule has 1 unspecified atom stereocenters. The zero-order valence-corrected chi connectivity index (χ0v) is 10.9. The van der Waals surface area contributed by atoms with Crippen molar-refractivity contribution in [1.29, 1.82) is 0 Å². The van der Waals surface area contributed by atoms with E-state index in [0.29, 0.717) is 12.3 Å². The second kappa shape index (κ2) is 5.89. The quantitative estimate of drug-likeness (QED) is 0.869. The van der Waals surface area contributed by atoms with E-state index in [1.165, 1.54) is 31.2 Å². The van der Waals surface area contributed by atoms with Crippen LogP contribution in [0.1, 0.15) is 43.6 Å². The number of benzene rings is 1. The van der Waals surface area contributed by atoms with E-state index in [4.69, 9.17) is 10.5 Å². The number of carbonyl (C=O) groups excluding carboxylic acids is 1. The minimum absolute atomic E-state index is 0.206. The third kappa shape index (κ3) is 3.03. The standard InChI is InChI=1S/C15H21NO2/c1-18-13-8-6-12(7-9-13)14(10-15(16)17)11-4-2-3-5-11/h6-9,11,14H,2-5,10H2,1H3,(H2,16,17). The summed E-state index contributed by atoms with van der Waals surface area (Å²) in [5.41, 5.74) is 6.60. The van der Waals surface area contributed by atoms with Crippen LogP contribution in [0, 0.1) is 5.92 Å². The summed E-state index contributed by atoms with van der Waals surface area (Å²) in [6, 6.07) is 8.03. The highest BCUT2D eigenvalue weighted by molar-refractivity contribution is 5.74. The van der Waals surface area contributed by atoms with Crippen LogP contribution in [0.4, 0.5) is 0 Å². The molecule has 98 valence electrons. The molecule has 0 saturated heterocycles. The topological polar surface area (TPSA) is 52.3 Å². The molecule has 1 aromatic rings. The molecule has 3 nitrogen and oxygen atoms in total. The van der Waals surface area contributed by atoms with Crippen LogP contribution in [0.2, 0.25) is 0 Å². The number of rotatable bonds is 5. The number of carbonyl (C=O) groups is 1. The SMILES string of the molecule is COc1ccc(C(CC(N)=O)C2CCCC2)cc1. The number of hydrogen-bond donors (Lipinski definition) is 1. The summed E-state index contributed by atoms with van der Waals surface area (Å²) in [6.07, 6.45) is 5.43. The Labute approximate surface area is 108 Å². The highest BCUT2D eigenvalue weighted by Crippen LogP contribution is 2.39. The molecule has 1 aliphatic rings. The molecule has 0 spiro atoms. The average Bonchev–Trinajstić information content (AvgIpc) is 2.89. The van der Waals surface area contributed by atoms with Crippen LogP contribution < -0.4 is 10.5 Å². The van der Waals surface area contributed by atoms with Crippen molar-refractivity contribution < 1.29 is 9.53 Å². The number of primary amides is 1. The summed E-state index contributed by atoms with van der Waals surface area (Å²) >= 11 is 0. The summed E-state index contributed by atoms with van der Waals surface area (Å²) in [7, 11) is 1.66. The normalized spacial score (nSPS) is 17.6. The Morgan fingerprint density at radius 3 is 2.44 bits per heavy atom. The maximum absolute atomic E-state index is 11.3. The minimum atomic E-state index is -0.206. The molecule has 1 amide bonds. The van der Waals surface area contributed by atoms with Gasteiger partial charge < -0.3 is 10.5 Å². The fourth-order valence-corrected chi connectivity index (χ4v) is 2.98. The molecule has 18 heavy (non-hydrogen) atoms. The van der Waals surface area contributed by atoms with E-state index in [2.05, 4.69) is 12.1 Å². The number of amides is 1. The largest absolute Gasteiger partial charge is 0.497 e. The van der Waals surface area contributed by atoms with Gasteiger partial charge in [0, 0.05) is 6.42 Å². The number of methoxy groups -OCH3 is 1. The van der Waals surface area contributed by atoms with E-state index in [1.807, 2.05) is 12.1 Å². The van der Waals surface area contributed by atoms with Crippen LogP contribution in [-0.2, 0) is 4.79 Å². The zero-order valence-electron chi connectivity index (χ0n) is 10.9. The van der Waals surface area contributed by atoms with Gasteiger partial charge in [-0.1, -0.05) is 25.0 Å². The van der Waals surface area contributed by atoms with Gasteiger partial charge in [0.05, 0.1) is 7.11 Å². The summed E-state index contributed by atoms with van der Waals surface area (Å²) in [5.74, 6) is 1.52. The van der Waals surface area contributed by atoms with E-state index < -0.39 is 0 Å². The first-order chi connectivity index (χ1) is 8.70. The molecule has 1 aromatic carbocycles. The van der Waals surface area contributed by atoms with E-state index >= 15 is 0 Å². The lowest BCUT2D eigenvalue weighted by Crippen LogP contribution is -2.20. The second-order valence-corrected chi connectivity index (χ2v) is 5.09. The van der Waals surface area contributed by atoms with Crippen molar-refractivity contribution in [2.24, 2.45) is 11.7 Å². The lowest BCUT2D eigenvalue weighted by Gasteiger charge is -2.22. The summed E-state index contributed by atoms with van der Waals surface area (Å²) in [4.78, 5) is 11.3. The Morgan fingerprint density at radius 1 is 1.33 bits per heavy atom. The van der Waals surface area contributed by atoms with Gasteiger partial charge in [-0.2, -0.15) is 0 Å². The minimum Gasteiger partial charge on any atom is -0.497 e. The van der Waals surface area contributed by atoms with Gasteiger partial charge in [0.2, 0.25) is 5.91 Å². The molecule has 1 atom stereocenters. The van der Waals surface area contributed by atoms with Crippen molar-refractivity contribution in [2.45, 2.75) is 38.0 Å². The zero-order chi connectivity index (χ0) is 13.0. The summed E-state index contributed by atoms with van der Waals surface area (Å²) in [6.45, 7) is 0. The lowest BCUT2D eigenvalue weighted by atomic mass is 9.82. The Bertz CT molecular complexity index is 393. The molecule has 0 heterocycles. The van der Waals surface area contributed by atoms with E-state index in [1.54, 1.807) is 7.11 Å². The molecule has 0 radical (unpaired) electrons. The van der Waals surface area contributed by atoms with Crippen molar-refractivity contribution in [2.75, 3.05) is 7.11 Å². The molecule has 0 aromatic heterocycles. The first kappa shape index (κ1) is 12.9. The van der Waals surface area contributed by atoms with Crippen LogP contribution in [0.5, 0.6) is 5.75 Å². The number of nitrogens with two attached hydrogens (primary N) is 1. The highest BCUT2D eigenvalue weighted by Gasteiger charge is 2.27. The lowest BCUT2D eigenvalue weighted by molar-refractivity contribution is -0.118. The fraction of sp³-hybridized carbons (Fsp3) is 0.533. The monoisotopic (exact) mass is 247 g/mol. The fourth-order valence-electron chi connectivity index (χ4n) is 2.98. The van der Waals surface area contributed by atoms with Crippen LogP contribution in [-0.4, -0.2) is 13.0 Å². The molecule has 0 bridgehead atoms. The molecule has 2 N–H and O–H groups in total. The Morgan fingerprint density at radius 2 is 1.94 bits per heavy atom. The number of ether oxygens (including phenoxy) is 1. The van der Waals surface area contributed by atoms with E-state index in [0.717, 1.165) is 5.75 Å². The second-order valence-electron chi connectivity index (χ2n) is 5.09. The molecule has 1 aliphatic carbocycles. The molecular formula is C15H21NO2. The van der Waals surface area contributed by atoms with Gasteiger partial charge in [-0.15, -0.1) is 0 Å². The van der Waals surface area contributed by atoms with Crippen LogP contribution in [0.3, 0.4) is 0 Å². The predicted octanol–water partition coefficient (Wildman–Crippen LogP) is 2.84. The van der Waals surface area contributed by atoms with Gasteiger partial charge in [-0.3, -0.25) is 4.79 Å². The van der Waals surface area contributed by atoms with Gasteiger partial charge in [0.25, 0.3) is 0 Å². The van der Waals surface area contributed by atoms with Crippen molar-refractivity contribution in [3.8, 4) is 5.75 Å². The maximum Gasteiger partial charge on any atom is 0.218 e. The van der Waals surface area contributed by atoms with E-state index in [9.17, 15) is 4.79 Å². The number of hydrogen-bond acceptors (Lipinski definition) is 2. The third-order valence-corrected chi connectivity index (χ3v) is 3.93. The van der Waals surface area contributed by atoms with E-state index in [-0.39, 0.29) is 11.8 Å². The molecular weight excluding hydrogens is 226 g/mol. The van der Waals surface area contributed by atoms with Crippen molar-refractivity contribution >= 4 is 5.91 Å². The summed E-state index contributed by atoms with van der Waals surface area (Å²) in [5, 5.41) is 0. The van der Waals surface area contributed by atoms with Crippen molar-refractivity contribution in [1.82, 2.24) is 0 Å². The predicted molar refractivity (Wildman–Crippen MR) is 71.5 cm³/mol. The Kier molecular flexibility index (Phi) is 4.24. The Balaban J connectivity index is 2.17. The van der Waals surface area contributed by atoms with Crippen LogP contribution in [0.15, 0.2) is 24.3 Å². The first-order valence-electron chi connectivity index (χ1n) is 6.63. The molecule has 2 rings (SSSR count). The van der Waals surface area contributed by atoms with Crippen LogP contribution in [0.25, 0.3) is 0 Å². The van der Waals surface area contributed by atoms with Crippen LogP contribution >= 0.6 is 0 Å². The van der Waals surface area contributed by atoms with Gasteiger partial charge in [-0.05, 0) is 42.4 Å². The van der Waals surface area contributed by atoms with Crippen molar-refractivity contribution in [3.05, 3.63) is 29.8 Å². The van der Waals surface area contributed by atoms with Gasteiger partial charge in [-0.25, -0.2) is 0 Å². The van der Waals surface area contributed by atoms with Crippen molar-refractivity contribution in [3.63, 3.8) is 0 Å². The summed E-state index contributed by atoms with van der Waals surface area (Å²) < 4.78 is 5.16. The smallest absolute Gasteiger partial charge is 0.218 e. The van der Waals surface area contributed by atoms with Gasteiger partial charge >= 0.3 is 0 Å². The highest BCUT2D eigenvalue weighted by atomic mass is 16.5. The van der Waals surface area contributed by atoms with Gasteiger partial charge in [0.1, 0.15) is 5.75 Å². The molecule has 1 saturated carbocycles. The third-order valence-electron chi connectivity index (χ3n) is 3.93. The average molecular weight is 247 g/mol. The molecule has 1 fully saturated rings. The Hall–Kier alpha value is -1.51. The van der Waals surface area contributed by atoms with Gasteiger partial charge in [0.15, 0.2) is 0 Å².